The van der Waals surface area contributed by atoms with Crippen molar-refractivity contribution in [1.29, 1.82) is 0 Å². The van der Waals surface area contributed by atoms with Gasteiger partial charge in [0.25, 0.3) is 0 Å². The number of piperazine rings is 1. The minimum absolute atomic E-state index is 0.136. The lowest BCUT2D eigenvalue weighted by Crippen LogP contribution is -2.48. The summed E-state index contributed by atoms with van der Waals surface area (Å²) in [5, 5.41) is 0. The molecule has 0 bridgehead atoms. The number of carbonyl (C=O) groups is 2. The molecule has 0 aromatic heterocycles. The van der Waals surface area contributed by atoms with Crippen LogP contribution in [0.15, 0.2) is 60.7 Å². The zero-order chi connectivity index (χ0) is 18.2. The maximum atomic E-state index is 11.2. The predicted octanol–water partition coefficient (Wildman–Crippen LogP) is 3.26. The van der Waals surface area contributed by atoms with E-state index in [2.05, 4.69) is 34.1 Å². The van der Waals surface area contributed by atoms with Crippen molar-refractivity contribution in [3.63, 3.8) is 0 Å². The fourth-order valence-corrected chi connectivity index (χ4v) is 3.89. The molecule has 26 heavy (non-hydrogen) atoms. The molecule has 4 heteroatoms. The summed E-state index contributed by atoms with van der Waals surface area (Å²) in [6, 6.07) is 20.8. The van der Waals surface area contributed by atoms with Gasteiger partial charge in [-0.3, -0.25) is 9.80 Å². The summed E-state index contributed by atoms with van der Waals surface area (Å²) < 4.78 is 0. The van der Waals surface area contributed by atoms with Crippen LogP contribution in [0.25, 0.3) is 0 Å². The molecule has 2 unspecified atom stereocenters. The fraction of sp³-hybridized carbons (Fsp3) is 0.364. The molecule has 1 heterocycles. The second-order valence-electron chi connectivity index (χ2n) is 6.73. The smallest absolute Gasteiger partial charge is 0.121 e. The first-order chi connectivity index (χ1) is 12.8. The van der Waals surface area contributed by atoms with E-state index in [1.54, 1.807) is 0 Å². The first kappa shape index (κ1) is 18.5. The van der Waals surface area contributed by atoms with Gasteiger partial charge in [0.1, 0.15) is 12.6 Å². The standard InChI is InChI=1S/C22H26N2O2/c25-17-11-21(19-7-3-1-4-8-19)23-13-15-24(16-14-23)22(12-18-26)20-9-5-2-6-10-20/h1-10,17-18,21-22H,11-16H2. The molecule has 1 aliphatic rings. The molecule has 0 spiro atoms. The van der Waals surface area contributed by atoms with Crippen molar-refractivity contribution in [2.45, 2.75) is 24.9 Å². The van der Waals surface area contributed by atoms with E-state index in [9.17, 15) is 9.59 Å². The molecule has 0 aliphatic carbocycles. The average molecular weight is 350 g/mol. The number of aldehydes is 2. The Balaban J connectivity index is 1.68. The lowest BCUT2D eigenvalue weighted by Gasteiger charge is -2.42. The number of carbonyl (C=O) groups excluding carboxylic acids is 2. The molecular weight excluding hydrogens is 324 g/mol. The van der Waals surface area contributed by atoms with Crippen LogP contribution >= 0.6 is 0 Å². The van der Waals surface area contributed by atoms with Crippen molar-refractivity contribution in [3.05, 3.63) is 71.8 Å². The number of benzene rings is 2. The minimum Gasteiger partial charge on any atom is -0.303 e. The van der Waals surface area contributed by atoms with Gasteiger partial charge in [0.15, 0.2) is 0 Å². The van der Waals surface area contributed by atoms with Crippen molar-refractivity contribution in [2.75, 3.05) is 26.2 Å². The molecule has 136 valence electrons. The van der Waals surface area contributed by atoms with Crippen molar-refractivity contribution in [3.8, 4) is 0 Å². The molecule has 0 N–H and O–H groups in total. The molecule has 1 saturated heterocycles. The maximum absolute atomic E-state index is 11.2. The average Bonchev–Trinajstić information content (AvgIpc) is 2.72. The molecule has 2 aromatic carbocycles. The van der Waals surface area contributed by atoms with Crippen molar-refractivity contribution in [1.82, 2.24) is 9.80 Å². The summed E-state index contributed by atoms with van der Waals surface area (Å²) >= 11 is 0. The third-order valence-electron chi connectivity index (χ3n) is 5.24. The molecule has 0 radical (unpaired) electrons. The summed E-state index contributed by atoms with van der Waals surface area (Å²) in [6.07, 6.45) is 3.06. The van der Waals surface area contributed by atoms with E-state index in [0.29, 0.717) is 12.8 Å². The van der Waals surface area contributed by atoms with Crippen molar-refractivity contribution in [2.24, 2.45) is 0 Å². The summed E-state index contributed by atoms with van der Waals surface area (Å²) in [4.78, 5) is 27.2. The van der Waals surface area contributed by atoms with Crippen LogP contribution in [0.3, 0.4) is 0 Å². The third kappa shape index (κ3) is 4.45. The SMILES string of the molecule is O=CCC(c1ccccc1)N1CCN(C(CC=O)c2ccccc2)CC1. The highest BCUT2D eigenvalue weighted by atomic mass is 16.1. The van der Waals surface area contributed by atoms with Crippen LogP contribution in [0.2, 0.25) is 0 Å². The van der Waals surface area contributed by atoms with Gasteiger partial charge in [0, 0.05) is 51.1 Å². The van der Waals surface area contributed by atoms with Gasteiger partial charge in [-0.25, -0.2) is 0 Å². The Morgan fingerprint density at radius 2 is 1.00 bits per heavy atom. The van der Waals surface area contributed by atoms with Gasteiger partial charge in [-0.2, -0.15) is 0 Å². The predicted molar refractivity (Wildman–Crippen MR) is 103 cm³/mol. The molecule has 1 fully saturated rings. The second-order valence-corrected chi connectivity index (χ2v) is 6.73. The lowest BCUT2D eigenvalue weighted by atomic mass is 9.99. The Hall–Kier alpha value is -2.30. The fourth-order valence-electron chi connectivity index (χ4n) is 3.89. The summed E-state index contributed by atoms with van der Waals surface area (Å²) in [7, 11) is 0. The Morgan fingerprint density at radius 3 is 1.31 bits per heavy atom. The molecule has 4 nitrogen and oxygen atoms in total. The highest BCUT2D eigenvalue weighted by Crippen LogP contribution is 2.29. The van der Waals surface area contributed by atoms with E-state index in [-0.39, 0.29) is 12.1 Å². The highest BCUT2D eigenvalue weighted by Gasteiger charge is 2.28. The zero-order valence-electron chi connectivity index (χ0n) is 15.0. The Bertz CT molecular complexity index is 620. The van der Waals surface area contributed by atoms with Crippen LogP contribution in [0, 0.1) is 0 Å². The van der Waals surface area contributed by atoms with E-state index < -0.39 is 0 Å². The Kier molecular flexibility index (Phi) is 6.69. The van der Waals surface area contributed by atoms with Gasteiger partial charge in [-0.05, 0) is 11.1 Å². The second kappa shape index (κ2) is 9.41. The Labute approximate surface area is 155 Å². The number of rotatable bonds is 8. The normalized spacial score (nSPS) is 18.2. The molecule has 2 atom stereocenters. The van der Waals surface area contributed by atoms with Crippen molar-refractivity contribution < 1.29 is 9.59 Å². The summed E-state index contributed by atoms with van der Waals surface area (Å²) in [6.45, 7) is 3.59. The van der Waals surface area contributed by atoms with E-state index in [1.807, 2.05) is 36.4 Å². The van der Waals surface area contributed by atoms with Crippen LogP contribution in [0.1, 0.15) is 36.1 Å². The zero-order valence-corrected chi connectivity index (χ0v) is 15.0. The summed E-state index contributed by atoms with van der Waals surface area (Å²) in [5.41, 5.74) is 2.39. The van der Waals surface area contributed by atoms with Crippen LogP contribution in [0.4, 0.5) is 0 Å². The highest BCUT2D eigenvalue weighted by molar-refractivity contribution is 5.52. The first-order valence-electron chi connectivity index (χ1n) is 9.28. The van der Waals surface area contributed by atoms with Crippen LogP contribution in [-0.2, 0) is 9.59 Å². The number of nitrogens with zero attached hydrogens (tertiary/aromatic N) is 2. The van der Waals surface area contributed by atoms with Crippen molar-refractivity contribution >= 4 is 12.6 Å². The van der Waals surface area contributed by atoms with E-state index in [0.717, 1.165) is 38.8 Å². The van der Waals surface area contributed by atoms with Gasteiger partial charge >= 0.3 is 0 Å². The maximum Gasteiger partial charge on any atom is 0.121 e. The van der Waals surface area contributed by atoms with Gasteiger partial charge < -0.3 is 9.59 Å². The van der Waals surface area contributed by atoms with Crippen LogP contribution in [-0.4, -0.2) is 48.6 Å². The van der Waals surface area contributed by atoms with Gasteiger partial charge in [0.2, 0.25) is 0 Å². The lowest BCUT2D eigenvalue weighted by molar-refractivity contribution is -0.110. The van der Waals surface area contributed by atoms with Crippen LogP contribution in [0.5, 0.6) is 0 Å². The minimum atomic E-state index is 0.136. The number of hydrogen-bond acceptors (Lipinski definition) is 4. The largest absolute Gasteiger partial charge is 0.303 e. The van der Waals surface area contributed by atoms with E-state index in [1.165, 1.54) is 11.1 Å². The topological polar surface area (TPSA) is 40.6 Å². The van der Waals surface area contributed by atoms with Gasteiger partial charge in [-0.1, -0.05) is 60.7 Å². The molecular formula is C22H26N2O2. The third-order valence-corrected chi connectivity index (χ3v) is 5.24. The van der Waals surface area contributed by atoms with E-state index in [4.69, 9.17) is 0 Å². The first-order valence-corrected chi connectivity index (χ1v) is 9.28. The quantitative estimate of drug-likeness (QED) is 0.685. The molecule has 0 amide bonds. The monoisotopic (exact) mass is 350 g/mol. The van der Waals surface area contributed by atoms with Gasteiger partial charge in [-0.15, -0.1) is 0 Å². The molecule has 1 aliphatic heterocycles. The summed E-state index contributed by atoms with van der Waals surface area (Å²) in [5.74, 6) is 0. The van der Waals surface area contributed by atoms with E-state index >= 15 is 0 Å². The Morgan fingerprint density at radius 1 is 0.654 bits per heavy atom. The molecule has 0 saturated carbocycles. The molecule has 2 aromatic rings. The number of hydrogen-bond donors (Lipinski definition) is 0. The van der Waals surface area contributed by atoms with Crippen LogP contribution < -0.4 is 0 Å². The molecule has 3 rings (SSSR count). The van der Waals surface area contributed by atoms with Gasteiger partial charge in [0.05, 0.1) is 0 Å².